The van der Waals surface area contributed by atoms with Crippen LogP contribution in [0.5, 0.6) is 0 Å². The van der Waals surface area contributed by atoms with Gasteiger partial charge in [-0.3, -0.25) is 19.3 Å². The molecule has 0 saturated carbocycles. The molecule has 0 aliphatic carbocycles. The molecular formula is C17H21N3O3. The zero-order valence-electron chi connectivity index (χ0n) is 13.2. The lowest BCUT2D eigenvalue weighted by atomic mass is 10.1. The Morgan fingerprint density at radius 1 is 1.22 bits per heavy atom. The van der Waals surface area contributed by atoms with Crippen LogP contribution >= 0.6 is 0 Å². The molecule has 3 amide bonds. The Hall–Kier alpha value is -2.21. The lowest BCUT2D eigenvalue weighted by Gasteiger charge is -2.24. The maximum Gasteiger partial charge on any atom is 0.253 e. The van der Waals surface area contributed by atoms with Crippen LogP contribution in [-0.2, 0) is 16.1 Å². The minimum atomic E-state index is -0.122. The van der Waals surface area contributed by atoms with Gasteiger partial charge in [0.15, 0.2) is 0 Å². The molecule has 1 unspecified atom stereocenters. The summed E-state index contributed by atoms with van der Waals surface area (Å²) in [7, 11) is 1.83. The maximum atomic E-state index is 12.5. The second-order valence-corrected chi connectivity index (χ2v) is 6.13. The summed E-state index contributed by atoms with van der Waals surface area (Å²) in [5, 5.41) is 3.25. The second-order valence-electron chi connectivity index (χ2n) is 6.13. The van der Waals surface area contributed by atoms with Gasteiger partial charge in [0.05, 0.1) is 6.54 Å². The molecular weight excluding hydrogens is 294 g/mol. The zero-order valence-corrected chi connectivity index (χ0v) is 13.2. The van der Waals surface area contributed by atoms with Crippen LogP contribution in [0.15, 0.2) is 24.3 Å². The van der Waals surface area contributed by atoms with Crippen molar-refractivity contribution in [3.8, 4) is 0 Å². The Balaban J connectivity index is 1.65. The summed E-state index contributed by atoms with van der Waals surface area (Å²) < 4.78 is 0. The molecule has 23 heavy (non-hydrogen) atoms. The quantitative estimate of drug-likeness (QED) is 0.833. The number of nitrogens with zero attached hydrogens (tertiary/aromatic N) is 2. The number of carbonyl (C=O) groups is 3. The van der Waals surface area contributed by atoms with Crippen molar-refractivity contribution in [2.45, 2.75) is 31.8 Å². The Labute approximate surface area is 135 Å². The summed E-state index contributed by atoms with van der Waals surface area (Å²) in [5.41, 5.74) is 1.48. The van der Waals surface area contributed by atoms with Crippen molar-refractivity contribution in [1.82, 2.24) is 15.1 Å². The molecule has 2 heterocycles. The lowest BCUT2D eigenvalue weighted by Crippen LogP contribution is -2.38. The number of carbonyl (C=O) groups excluding carboxylic acids is 3. The van der Waals surface area contributed by atoms with E-state index in [-0.39, 0.29) is 30.3 Å². The van der Waals surface area contributed by atoms with Gasteiger partial charge in [0.2, 0.25) is 11.8 Å². The molecule has 0 spiro atoms. The first-order valence-electron chi connectivity index (χ1n) is 7.96. The van der Waals surface area contributed by atoms with E-state index < -0.39 is 0 Å². The van der Waals surface area contributed by atoms with Crippen molar-refractivity contribution in [2.24, 2.45) is 0 Å². The molecule has 122 valence electrons. The first kappa shape index (κ1) is 15.7. The molecule has 2 fully saturated rings. The highest BCUT2D eigenvalue weighted by atomic mass is 16.2. The van der Waals surface area contributed by atoms with Gasteiger partial charge in [0.1, 0.15) is 0 Å². The molecule has 1 aromatic rings. The van der Waals surface area contributed by atoms with E-state index in [2.05, 4.69) is 5.32 Å². The summed E-state index contributed by atoms with van der Waals surface area (Å²) in [4.78, 5) is 38.8. The molecule has 6 nitrogen and oxygen atoms in total. The van der Waals surface area contributed by atoms with Crippen molar-refractivity contribution in [3.05, 3.63) is 35.4 Å². The molecule has 0 bridgehead atoms. The van der Waals surface area contributed by atoms with Gasteiger partial charge in [0, 0.05) is 38.0 Å². The first-order valence-corrected chi connectivity index (χ1v) is 7.96. The Bertz CT molecular complexity index is 604. The average molecular weight is 315 g/mol. The highest BCUT2D eigenvalue weighted by molar-refractivity contribution is 6.01. The number of likely N-dealkylation sites (N-methyl/N-ethyl adjacent to an activating group) is 1. The first-order chi connectivity index (χ1) is 11.1. The third kappa shape index (κ3) is 3.27. The van der Waals surface area contributed by atoms with E-state index in [9.17, 15) is 14.4 Å². The third-order valence-electron chi connectivity index (χ3n) is 4.60. The van der Waals surface area contributed by atoms with Crippen molar-refractivity contribution in [3.63, 3.8) is 0 Å². The number of rotatable bonds is 4. The van der Waals surface area contributed by atoms with E-state index in [1.54, 1.807) is 17.0 Å². The van der Waals surface area contributed by atoms with Gasteiger partial charge >= 0.3 is 0 Å². The Kier molecular flexibility index (Phi) is 4.43. The van der Waals surface area contributed by atoms with Gasteiger partial charge in [-0.2, -0.15) is 0 Å². The summed E-state index contributed by atoms with van der Waals surface area (Å²) in [5.74, 6) is -0.245. The van der Waals surface area contributed by atoms with Gasteiger partial charge < -0.3 is 10.2 Å². The number of imide groups is 1. The smallest absolute Gasteiger partial charge is 0.253 e. The van der Waals surface area contributed by atoms with Crippen LogP contribution in [0.25, 0.3) is 0 Å². The van der Waals surface area contributed by atoms with Crippen molar-refractivity contribution < 1.29 is 14.4 Å². The van der Waals surface area contributed by atoms with Crippen LogP contribution in [0.2, 0.25) is 0 Å². The molecule has 2 aliphatic heterocycles. The summed E-state index contributed by atoms with van der Waals surface area (Å²) >= 11 is 0. The second kappa shape index (κ2) is 6.50. The van der Waals surface area contributed by atoms with Gasteiger partial charge in [-0.05, 0) is 30.7 Å². The normalized spacial score (nSPS) is 21.1. The van der Waals surface area contributed by atoms with Crippen molar-refractivity contribution in [1.29, 1.82) is 0 Å². The standard InChI is InChI=1S/C17H21N3O3/c1-19(14-8-9-18-10-14)17(23)13-4-2-12(3-5-13)11-20-15(21)6-7-16(20)22/h2-5,14,18H,6-11H2,1H3. The van der Waals surface area contributed by atoms with E-state index in [4.69, 9.17) is 0 Å². The van der Waals surface area contributed by atoms with Gasteiger partial charge in [0.25, 0.3) is 5.91 Å². The molecule has 1 N–H and O–H groups in total. The topological polar surface area (TPSA) is 69.7 Å². The fourth-order valence-electron chi connectivity index (χ4n) is 3.07. The fourth-order valence-corrected chi connectivity index (χ4v) is 3.07. The van der Waals surface area contributed by atoms with E-state index in [1.807, 2.05) is 19.2 Å². The number of hydrogen-bond donors (Lipinski definition) is 1. The van der Waals surface area contributed by atoms with Crippen LogP contribution in [0.1, 0.15) is 35.2 Å². The highest BCUT2D eigenvalue weighted by Crippen LogP contribution is 2.17. The van der Waals surface area contributed by atoms with E-state index in [0.29, 0.717) is 18.4 Å². The van der Waals surface area contributed by atoms with E-state index >= 15 is 0 Å². The van der Waals surface area contributed by atoms with E-state index in [0.717, 1.165) is 25.1 Å². The van der Waals surface area contributed by atoms with Crippen molar-refractivity contribution in [2.75, 3.05) is 20.1 Å². The SMILES string of the molecule is CN(C(=O)c1ccc(CN2C(=O)CCC2=O)cc1)C1CCNC1. The summed E-state index contributed by atoms with van der Waals surface area (Å²) in [6.45, 7) is 2.06. The van der Waals surface area contributed by atoms with E-state index in [1.165, 1.54) is 4.90 Å². The predicted octanol–water partition coefficient (Wildman–Crippen LogP) is 0.769. The van der Waals surface area contributed by atoms with Crippen LogP contribution in [0, 0.1) is 0 Å². The lowest BCUT2D eigenvalue weighted by molar-refractivity contribution is -0.139. The summed E-state index contributed by atoms with van der Waals surface area (Å²) in [6, 6.07) is 7.39. The Morgan fingerprint density at radius 3 is 2.43 bits per heavy atom. The Morgan fingerprint density at radius 2 is 1.87 bits per heavy atom. The summed E-state index contributed by atoms with van der Waals surface area (Å²) in [6.07, 6.45) is 1.57. The van der Waals surface area contributed by atoms with Gasteiger partial charge in [-0.1, -0.05) is 12.1 Å². The average Bonchev–Trinajstić information content (AvgIpc) is 3.20. The molecule has 0 aromatic heterocycles. The third-order valence-corrected chi connectivity index (χ3v) is 4.60. The number of amides is 3. The van der Waals surface area contributed by atoms with Crippen LogP contribution in [-0.4, -0.2) is 53.7 Å². The molecule has 1 atom stereocenters. The molecule has 1 aromatic carbocycles. The zero-order chi connectivity index (χ0) is 16.4. The maximum absolute atomic E-state index is 12.5. The molecule has 6 heteroatoms. The molecule has 0 radical (unpaired) electrons. The number of likely N-dealkylation sites (tertiary alicyclic amines) is 1. The largest absolute Gasteiger partial charge is 0.337 e. The van der Waals surface area contributed by atoms with Gasteiger partial charge in [-0.15, -0.1) is 0 Å². The number of nitrogens with one attached hydrogen (secondary N) is 1. The number of hydrogen-bond acceptors (Lipinski definition) is 4. The highest BCUT2D eigenvalue weighted by Gasteiger charge is 2.29. The predicted molar refractivity (Wildman–Crippen MR) is 84.6 cm³/mol. The fraction of sp³-hybridized carbons (Fsp3) is 0.471. The molecule has 2 aliphatic rings. The minimum absolute atomic E-state index is 0.00132. The minimum Gasteiger partial charge on any atom is -0.337 e. The number of benzene rings is 1. The molecule has 2 saturated heterocycles. The van der Waals surface area contributed by atoms with Crippen LogP contribution in [0.3, 0.4) is 0 Å². The van der Waals surface area contributed by atoms with Crippen LogP contribution in [0.4, 0.5) is 0 Å². The molecule has 3 rings (SSSR count). The van der Waals surface area contributed by atoms with Crippen molar-refractivity contribution >= 4 is 17.7 Å². The monoisotopic (exact) mass is 315 g/mol. The van der Waals surface area contributed by atoms with Gasteiger partial charge in [-0.25, -0.2) is 0 Å². The van der Waals surface area contributed by atoms with Crippen LogP contribution < -0.4 is 5.32 Å².